The van der Waals surface area contributed by atoms with Gasteiger partial charge in [-0.1, -0.05) is 72.3 Å². The minimum absolute atomic E-state index is 0.0795. The fourth-order valence-corrected chi connectivity index (χ4v) is 5.61. The number of likely N-dealkylation sites (N-methyl/N-ethyl adjacent to an activating group) is 1. The Labute approximate surface area is 236 Å². The van der Waals surface area contributed by atoms with Gasteiger partial charge in [0, 0.05) is 37.5 Å². The molecule has 0 fully saturated rings. The summed E-state index contributed by atoms with van der Waals surface area (Å²) in [6, 6.07) is 23.3. The van der Waals surface area contributed by atoms with E-state index >= 15 is 0 Å². The average Bonchev–Trinajstić information content (AvgIpc) is 2.90. The van der Waals surface area contributed by atoms with Crippen LogP contribution in [-0.2, 0) is 32.6 Å². The number of halogens is 1. The first-order valence-electron chi connectivity index (χ1n) is 13.0. The first-order chi connectivity index (χ1) is 18.6. The van der Waals surface area contributed by atoms with E-state index in [1.807, 2.05) is 68.4 Å². The molecule has 0 saturated heterocycles. The van der Waals surface area contributed by atoms with Crippen LogP contribution in [0.3, 0.4) is 0 Å². The van der Waals surface area contributed by atoms with Gasteiger partial charge < -0.3 is 10.2 Å². The Kier molecular flexibility index (Phi) is 10.9. The number of rotatable bonds is 13. The van der Waals surface area contributed by atoms with Crippen molar-refractivity contribution in [1.29, 1.82) is 0 Å². The third-order valence-electron chi connectivity index (χ3n) is 6.42. The molecule has 1 N–H and O–H groups in total. The van der Waals surface area contributed by atoms with Gasteiger partial charge in [0.2, 0.25) is 21.8 Å². The highest BCUT2D eigenvalue weighted by Gasteiger charge is 2.30. The number of anilines is 1. The second kappa shape index (κ2) is 14.1. The van der Waals surface area contributed by atoms with Gasteiger partial charge in [0.1, 0.15) is 6.04 Å². The number of carbonyl (C=O) groups excluding carboxylic acids is 2. The normalized spacial score (nSPS) is 12.0. The standard InChI is InChI=1S/C30H36ClN3O4S/c1-4-32-30(36)28(21-24-12-6-5-7-13-24)33(22-25-16-18-26(31)19-17-25)29(35)15-10-20-34(39(3,37)38)27-14-9-8-11-23(27)2/h5-9,11-14,16-19,28H,4,10,15,20-22H2,1-3H3,(H,32,36)/t28-/m1/s1. The van der Waals surface area contributed by atoms with Crippen LogP contribution in [-0.4, -0.2) is 50.5 Å². The molecular weight excluding hydrogens is 534 g/mol. The second-order valence-corrected chi connectivity index (χ2v) is 11.8. The fraction of sp³-hybridized carbons (Fsp3) is 0.333. The summed E-state index contributed by atoms with van der Waals surface area (Å²) in [4.78, 5) is 28.6. The molecule has 7 nitrogen and oxygen atoms in total. The zero-order valence-corrected chi connectivity index (χ0v) is 24.2. The number of carbonyl (C=O) groups is 2. The molecule has 0 aliphatic rings. The van der Waals surface area contributed by atoms with Crippen molar-refractivity contribution in [2.45, 2.75) is 45.7 Å². The molecule has 0 bridgehead atoms. The fourth-order valence-electron chi connectivity index (χ4n) is 4.46. The SMILES string of the molecule is CCNC(=O)[C@@H](Cc1ccccc1)N(Cc1ccc(Cl)cc1)C(=O)CCCN(c1ccccc1C)S(C)(=O)=O. The summed E-state index contributed by atoms with van der Waals surface area (Å²) in [7, 11) is -3.56. The highest BCUT2D eigenvalue weighted by atomic mass is 35.5. The van der Waals surface area contributed by atoms with Gasteiger partial charge in [-0.25, -0.2) is 8.42 Å². The van der Waals surface area contributed by atoms with E-state index in [9.17, 15) is 18.0 Å². The quantitative estimate of drug-likeness (QED) is 0.315. The largest absolute Gasteiger partial charge is 0.355 e. The van der Waals surface area contributed by atoms with E-state index in [1.54, 1.807) is 29.2 Å². The van der Waals surface area contributed by atoms with Crippen LogP contribution in [0.15, 0.2) is 78.9 Å². The van der Waals surface area contributed by atoms with Crippen LogP contribution in [0.5, 0.6) is 0 Å². The van der Waals surface area contributed by atoms with Crippen LogP contribution in [0.25, 0.3) is 0 Å². The molecule has 9 heteroatoms. The zero-order chi connectivity index (χ0) is 28.4. The third-order valence-corrected chi connectivity index (χ3v) is 7.86. The molecule has 0 unspecified atom stereocenters. The molecule has 0 radical (unpaired) electrons. The van der Waals surface area contributed by atoms with E-state index in [0.29, 0.717) is 30.1 Å². The van der Waals surface area contributed by atoms with Crippen molar-refractivity contribution in [3.05, 3.63) is 101 Å². The number of hydrogen-bond donors (Lipinski definition) is 1. The van der Waals surface area contributed by atoms with Crippen LogP contribution < -0.4 is 9.62 Å². The van der Waals surface area contributed by atoms with E-state index in [1.165, 1.54) is 10.6 Å². The van der Waals surface area contributed by atoms with E-state index in [2.05, 4.69) is 5.32 Å². The number of aryl methyl sites for hydroxylation is 1. The minimum atomic E-state index is -3.56. The molecule has 2 amide bonds. The minimum Gasteiger partial charge on any atom is -0.355 e. The van der Waals surface area contributed by atoms with Gasteiger partial charge in [0.25, 0.3) is 0 Å². The van der Waals surface area contributed by atoms with Crippen molar-refractivity contribution in [3.63, 3.8) is 0 Å². The van der Waals surface area contributed by atoms with Gasteiger partial charge >= 0.3 is 0 Å². The molecule has 208 valence electrons. The summed E-state index contributed by atoms with van der Waals surface area (Å²) in [6.07, 6.45) is 1.89. The smallest absolute Gasteiger partial charge is 0.243 e. The Morgan fingerprint density at radius 2 is 1.56 bits per heavy atom. The maximum absolute atomic E-state index is 13.7. The molecule has 39 heavy (non-hydrogen) atoms. The van der Waals surface area contributed by atoms with E-state index < -0.39 is 16.1 Å². The molecule has 0 aliphatic carbocycles. The lowest BCUT2D eigenvalue weighted by atomic mass is 10.0. The van der Waals surface area contributed by atoms with E-state index in [4.69, 9.17) is 11.6 Å². The first kappa shape index (κ1) is 30.2. The number of nitrogens with zero attached hydrogens (tertiary/aromatic N) is 2. The number of para-hydroxylation sites is 1. The highest BCUT2D eigenvalue weighted by molar-refractivity contribution is 7.92. The molecule has 3 rings (SSSR count). The summed E-state index contributed by atoms with van der Waals surface area (Å²) >= 11 is 6.07. The molecule has 0 heterocycles. The molecule has 3 aromatic carbocycles. The molecule has 3 aromatic rings. The summed E-state index contributed by atoms with van der Waals surface area (Å²) in [5, 5.41) is 3.46. The summed E-state index contributed by atoms with van der Waals surface area (Å²) in [5.41, 5.74) is 3.20. The van der Waals surface area contributed by atoms with Crippen molar-refractivity contribution < 1.29 is 18.0 Å². The number of sulfonamides is 1. The van der Waals surface area contributed by atoms with Crippen molar-refractivity contribution in [2.75, 3.05) is 23.7 Å². The topological polar surface area (TPSA) is 86.8 Å². The Hall–Kier alpha value is -3.36. The second-order valence-electron chi connectivity index (χ2n) is 9.47. The predicted octanol–water partition coefficient (Wildman–Crippen LogP) is 4.97. The van der Waals surface area contributed by atoms with Crippen molar-refractivity contribution in [1.82, 2.24) is 10.2 Å². The van der Waals surface area contributed by atoms with Gasteiger partial charge in [-0.15, -0.1) is 0 Å². The Balaban J connectivity index is 1.86. The van der Waals surface area contributed by atoms with Crippen molar-refractivity contribution in [2.24, 2.45) is 0 Å². The molecule has 0 spiro atoms. The molecule has 0 saturated carbocycles. The van der Waals surface area contributed by atoms with E-state index in [-0.39, 0.29) is 31.3 Å². The van der Waals surface area contributed by atoms with Gasteiger partial charge in [-0.05, 0) is 55.2 Å². The van der Waals surface area contributed by atoms with E-state index in [0.717, 1.165) is 16.7 Å². The lowest BCUT2D eigenvalue weighted by molar-refractivity contribution is -0.141. The molecule has 0 aliphatic heterocycles. The molecule has 0 aromatic heterocycles. The zero-order valence-electron chi connectivity index (χ0n) is 22.6. The van der Waals surface area contributed by atoms with Gasteiger partial charge in [0.05, 0.1) is 11.9 Å². The predicted molar refractivity (Wildman–Crippen MR) is 157 cm³/mol. The molecular formula is C30H36ClN3O4S. The number of hydrogen-bond acceptors (Lipinski definition) is 4. The molecule has 1 atom stereocenters. The number of amides is 2. The van der Waals surface area contributed by atoms with Crippen LogP contribution in [0.2, 0.25) is 5.02 Å². The van der Waals surface area contributed by atoms with Crippen molar-refractivity contribution >= 4 is 39.1 Å². The maximum atomic E-state index is 13.7. The lowest BCUT2D eigenvalue weighted by Crippen LogP contribution is -2.50. The van der Waals surface area contributed by atoms with Gasteiger partial charge in [-0.3, -0.25) is 13.9 Å². The Bertz CT molecular complexity index is 1350. The number of nitrogens with one attached hydrogen (secondary N) is 1. The van der Waals surface area contributed by atoms with Crippen molar-refractivity contribution in [3.8, 4) is 0 Å². The highest BCUT2D eigenvalue weighted by Crippen LogP contribution is 2.23. The summed E-state index contributed by atoms with van der Waals surface area (Å²) < 4.78 is 26.5. The first-order valence-corrected chi connectivity index (χ1v) is 15.2. The van der Waals surface area contributed by atoms with Crippen LogP contribution in [0.1, 0.15) is 36.5 Å². The monoisotopic (exact) mass is 569 g/mol. The summed E-state index contributed by atoms with van der Waals surface area (Å²) in [6.45, 7) is 4.50. The Morgan fingerprint density at radius 3 is 2.18 bits per heavy atom. The van der Waals surface area contributed by atoms with Crippen LogP contribution in [0.4, 0.5) is 5.69 Å². The third kappa shape index (κ3) is 8.83. The van der Waals surface area contributed by atoms with Crippen LogP contribution >= 0.6 is 11.6 Å². The van der Waals surface area contributed by atoms with Gasteiger partial charge in [-0.2, -0.15) is 0 Å². The number of benzene rings is 3. The van der Waals surface area contributed by atoms with Gasteiger partial charge in [0.15, 0.2) is 0 Å². The lowest BCUT2D eigenvalue weighted by Gasteiger charge is -2.32. The summed E-state index contributed by atoms with van der Waals surface area (Å²) in [5.74, 6) is -0.461. The maximum Gasteiger partial charge on any atom is 0.243 e. The average molecular weight is 570 g/mol. The van der Waals surface area contributed by atoms with Crippen LogP contribution in [0, 0.1) is 6.92 Å². The Morgan fingerprint density at radius 1 is 0.923 bits per heavy atom.